The predicted molar refractivity (Wildman–Crippen MR) is 130 cm³/mol. The van der Waals surface area contributed by atoms with Gasteiger partial charge in [0.1, 0.15) is 42.6 Å². The average molecular weight is 518 g/mol. The Labute approximate surface area is 215 Å². The minimum Gasteiger partial charge on any atom is -0.490 e. The Morgan fingerprint density at radius 3 is 2.55 bits per heavy atom. The Bertz CT molecular complexity index is 1500. The lowest BCUT2D eigenvalue weighted by atomic mass is 10.1. The molecule has 0 aliphatic carbocycles. The van der Waals surface area contributed by atoms with Crippen LogP contribution in [0.4, 0.5) is 10.6 Å². The molecule has 13 heteroatoms. The number of para-hydroxylation sites is 1. The molecule has 4 N–H and O–H groups in total. The quantitative estimate of drug-likeness (QED) is 0.330. The topological polar surface area (TPSA) is 173 Å². The number of nitrogens with zero attached hydrogens (tertiary/aromatic N) is 4. The van der Waals surface area contributed by atoms with Crippen LogP contribution >= 0.6 is 0 Å². The molecule has 2 aromatic carbocycles. The lowest BCUT2D eigenvalue weighted by Crippen LogP contribution is -2.32. The summed E-state index contributed by atoms with van der Waals surface area (Å²) in [5.41, 5.74) is 6.84. The summed E-state index contributed by atoms with van der Waals surface area (Å²) < 4.78 is 26.5. The number of hydrogen-bond donors (Lipinski definition) is 3. The fourth-order valence-electron chi connectivity index (χ4n) is 4.65. The van der Waals surface area contributed by atoms with E-state index in [9.17, 15) is 14.7 Å². The van der Waals surface area contributed by atoms with Crippen molar-refractivity contribution in [3.05, 3.63) is 78.4 Å². The molecule has 4 aromatic rings. The Kier molecular flexibility index (Phi) is 6.07. The van der Waals surface area contributed by atoms with E-state index < -0.39 is 42.8 Å². The molecular formula is C25H22N6O7. The van der Waals surface area contributed by atoms with Gasteiger partial charge < -0.3 is 29.8 Å². The van der Waals surface area contributed by atoms with Crippen molar-refractivity contribution in [2.45, 2.75) is 30.8 Å². The minimum atomic E-state index is -1.10. The summed E-state index contributed by atoms with van der Waals surface area (Å²) in [7, 11) is 0. The van der Waals surface area contributed by atoms with Crippen LogP contribution in [0.5, 0.6) is 5.75 Å². The first-order chi connectivity index (χ1) is 18.5. The second kappa shape index (κ2) is 9.70. The van der Waals surface area contributed by atoms with Crippen LogP contribution in [-0.2, 0) is 14.2 Å². The van der Waals surface area contributed by atoms with Gasteiger partial charge in [-0.1, -0.05) is 42.5 Å². The van der Waals surface area contributed by atoms with Gasteiger partial charge >= 0.3 is 12.0 Å². The molecule has 0 spiro atoms. The Balaban J connectivity index is 1.32. The average Bonchev–Trinajstić information content (AvgIpc) is 3.62. The molecule has 38 heavy (non-hydrogen) atoms. The highest BCUT2D eigenvalue weighted by molar-refractivity contribution is 5.95. The number of aromatic carboxylic acids is 1. The van der Waals surface area contributed by atoms with E-state index in [1.165, 1.54) is 18.7 Å². The summed E-state index contributed by atoms with van der Waals surface area (Å²) in [6.45, 7) is 0.00290. The maximum Gasteiger partial charge on any atom is 0.339 e. The molecular weight excluding hydrogens is 496 g/mol. The van der Waals surface area contributed by atoms with Crippen LogP contribution in [-0.4, -0.2) is 61.5 Å². The summed E-state index contributed by atoms with van der Waals surface area (Å²) in [4.78, 5) is 35.7. The van der Waals surface area contributed by atoms with Crippen LogP contribution in [0.1, 0.15) is 28.4 Å². The molecule has 13 nitrogen and oxygen atoms in total. The van der Waals surface area contributed by atoms with Gasteiger partial charge in [0.15, 0.2) is 29.5 Å². The first kappa shape index (κ1) is 23.8. The van der Waals surface area contributed by atoms with Crippen molar-refractivity contribution in [1.82, 2.24) is 19.5 Å². The molecule has 2 aliphatic rings. The van der Waals surface area contributed by atoms with E-state index >= 15 is 0 Å². The molecule has 0 saturated carbocycles. The molecule has 2 fully saturated rings. The summed E-state index contributed by atoms with van der Waals surface area (Å²) in [6.07, 6.45) is -0.340. The third-order valence-electron chi connectivity index (χ3n) is 6.31. The van der Waals surface area contributed by atoms with Crippen molar-refractivity contribution >= 4 is 29.0 Å². The van der Waals surface area contributed by atoms with Crippen molar-refractivity contribution in [2.24, 2.45) is 5.73 Å². The third kappa shape index (κ3) is 4.28. The first-order valence-corrected chi connectivity index (χ1v) is 11.7. The molecule has 0 radical (unpaired) electrons. The maximum atomic E-state index is 11.6. The number of ether oxygens (including phenoxy) is 4. The molecule has 2 amide bonds. The lowest BCUT2D eigenvalue weighted by Gasteiger charge is -2.22. The number of imidazole rings is 1. The number of carbonyl (C=O) groups is 2. The number of primary amides is 1. The number of nitrogens with one attached hydrogen (secondary N) is 1. The number of anilines is 1. The fourth-order valence-corrected chi connectivity index (χ4v) is 4.65. The number of aromatic nitrogens is 4. The number of nitrogens with two attached hydrogens (primary N) is 1. The number of fused-ring (bicyclic) bond motifs is 2. The Morgan fingerprint density at radius 2 is 1.76 bits per heavy atom. The number of benzene rings is 2. The van der Waals surface area contributed by atoms with Gasteiger partial charge in [0.2, 0.25) is 0 Å². The van der Waals surface area contributed by atoms with Crippen molar-refractivity contribution in [1.29, 1.82) is 0 Å². The smallest absolute Gasteiger partial charge is 0.339 e. The number of carbonyl (C=O) groups excluding carboxylic acids is 1. The second-order valence-electron chi connectivity index (χ2n) is 8.66. The minimum absolute atomic E-state index is 0.00290. The van der Waals surface area contributed by atoms with E-state index in [1.54, 1.807) is 22.8 Å². The molecule has 6 rings (SSSR count). The first-order valence-electron chi connectivity index (χ1n) is 11.7. The van der Waals surface area contributed by atoms with Gasteiger partial charge in [-0.25, -0.2) is 24.5 Å². The summed E-state index contributed by atoms with van der Waals surface area (Å²) >= 11 is 0. The number of urea groups is 1. The molecule has 0 bridgehead atoms. The molecule has 4 unspecified atom stereocenters. The Hall–Kier alpha value is -4.59. The maximum absolute atomic E-state index is 11.6. The van der Waals surface area contributed by atoms with E-state index in [4.69, 9.17) is 24.7 Å². The van der Waals surface area contributed by atoms with E-state index in [2.05, 4.69) is 20.3 Å². The van der Waals surface area contributed by atoms with Crippen molar-refractivity contribution in [3.8, 4) is 5.75 Å². The van der Waals surface area contributed by atoms with E-state index in [0.29, 0.717) is 11.2 Å². The van der Waals surface area contributed by atoms with E-state index in [0.717, 1.165) is 5.56 Å². The van der Waals surface area contributed by atoms with E-state index in [1.807, 2.05) is 30.3 Å². The van der Waals surface area contributed by atoms with Crippen molar-refractivity contribution in [3.63, 3.8) is 0 Å². The SMILES string of the molecule is NC(=O)Nc1ncnc2c1ncn2C1OC(COc2ccccc2C(=O)O)C2O[C@H](c3ccccc3)OC21. The van der Waals surface area contributed by atoms with Gasteiger partial charge in [-0.2, -0.15) is 0 Å². The van der Waals surface area contributed by atoms with Gasteiger partial charge in [0.25, 0.3) is 0 Å². The van der Waals surface area contributed by atoms with Gasteiger partial charge in [0.05, 0.1) is 6.33 Å². The monoisotopic (exact) mass is 518 g/mol. The van der Waals surface area contributed by atoms with Crippen molar-refractivity contribution in [2.75, 3.05) is 11.9 Å². The van der Waals surface area contributed by atoms with Crippen molar-refractivity contribution < 1.29 is 33.6 Å². The Morgan fingerprint density at radius 1 is 1.00 bits per heavy atom. The predicted octanol–water partition coefficient (Wildman–Crippen LogP) is 2.47. The standard InChI is InChI=1S/C25H22N6O7/c26-25(34)30-20-17-21(28-11-27-20)31(12-29-17)22-19-18(37-24(38-19)13-6-2-1-3-7-13)16(36-22)10-35-15-9-5-4-8-14(15)23(32)33/h1-9,11-12,16,18-19,22,24H,10H2,(H,32,33)(H3,26,27,28,30,34)/t16?,18?,19?,22?,24-/m0/s1. The number of rotatable bonds is 7. The summed E-state index contributed by atoms with van der Waals surface area (Å²) in [6, 6.07) is 15.1. The number of carboxylic acid groups (broad SMARTS) is 1. The molecule has 4 heterocycles. The van der Waals surface area contributed by atoms with E-state index in [-0.39, 0.29) is 23.7 Å². The zero-order valence-corrected chi connectivity index (χ0v) is 19.7. The molecule has 2 aromatic heterocycles. The molecule has 2 aliphatic heterocycles. The normalized spacial score (nSPS) is 24.3. The van der Waals surface area contributed by atoms with Crippen LogP contribution in [0, 0.1) is 0 Å². The highest BCUT2D eigenvalue weighted by Gasteiger charge is 2.54. The van der Waals surface area contributed by atoms with Crippen LogP contribution < -0.4 is 15.8 Å². The number of hydrogen-bond acceptors (Lipinski definition) is 9. The molecule has 5 atom stereocenters. The van der Waals surface area contributed by atoms with Crippen LogP contribution in [0.3, 0.4) is 0 Å². The van der Waals surface area contributed by atoms with Gasteiger partial charge in [0, 0.05) is 5.56 Å². The molecule has 2 saturated heterocycles. The summed E-state index contributed by atoms with van der Waals surface area (Å²) in [5, 5.41) is 11.9. The number of amides is 2. The van der Waals surface area contributed by atoms with Gasteiger partial charge in [-0.15, -0.1) is 0 Å². The molecule has 194 valence electrons. The second-order valence-corrected chi connectivity index (χ2v) is 8.66. The highest BCUT2D eigenvalue weighted by atomic mass is 16.8. The van der Waals surface area contributed by atoms with Gasteiger partial charge in [-0.05, 0) is 12.1 Å². The van der Waals surface area contributed by atoms with Gasteiger partial charge in [-0.3, -0.25) is 9.88 Å². The third-order valence-corrected chi connectivity index (χ3v) is 6.31. The number of carboxylic acids is 1. The zero-order chi connectivity index (χ0) is 26.2. The van der Waals surface area contributed by atoms with Crippen LogP contribution in [0.15, 0.2) is 67.3 Å². The van der Waals surface area contributed by atoms with Crippen LogP contribution in [0.2, 0.25) is 0 Å². The lowest BCUT2D eigenvalue weighted by molar-refractivity contribution is -0.152. The highest BCUT2D eigenvalue weighted by Crippen LogP contribution is 2.45. The van der Waals surface area contributed by atoms with Crippen LogP contribution in [0.25, 0.3) is 11.2 Å². The zero-order valence-electron chi connectivity index (χ0n) is 19.7. The largest absolute Gasteiger partial charge is 0.490 e. The fraction of sp³-hybridized carbons (Fsp3) is 0.240. The summed E-state index contributed by atoms with van der Waals surface area (Å²) in [5.74, 6) is -0.727.